The van der Waals surface area contributed by atoms with Gasteiger partial charge in [0.05, 0.1) is 17.3 Å². The number of halogens is 1. The van der Waals surface area contributed by atoms with E-state index in [1.165, 1.54) is 0 Å². The van der Waals surface area contributed by atoms with Crippen molar-refractivity contribution in [2.24, 2.45) is 0 Å². The van der Waals surface area contributed by atoms with Crippen molar-refractivity contribution in [3.05, 3.63) is 59.0 Å². The lowest BCUT2D eigenvalue weighted by Crippen LogP contribution is -2.02. The number of nitrogen functional groups attached to an aromatic ring is 1. The number of aromatic nitrogens is 3. The van der Waals surface area contributed by atoms with E-state index in [0.717, 1.165) is 16.7 Å². The van der Waals surface area contributed by atoms with Gasteiger partial charge in [0.1, 0.15) is 5.15 Å². The third-order valence-corrected chi connectivity index (χ3v) is 3.83. The minimum atomic E-state index is 0.0876. The van der Waals surface area contributed by atoms with Gasteiger partial charge in [0, 0.05) is 23.5 Å². The van der Waals surface area contributed by atoms with E-state index in [4.69, 9.17) is 17.3 Å². The number of hydrogen-bond donors (Lipinski definition) is 1. The Kier molecular flexibility index (Phi) is 3.92. The van der Waals surface area contributed by atoms with Crippen LogP contribution in [-0.2, 0) is 0 Å². The van der Waals surface area contributed by atoms with Crippen LogP contribution in [0.25, 0.3) is 22.4 Å². The van der Waals surface area contributed by atoms with E-state index in [9.17, 15) is 5.26 Å². The monoisotopic (exact) mass is 321 g/mol. The zero-order chi connectivity index (χ0) is 16.4. The summed E-state index contributed by atoms with van der Waals surface area (Å²) in [5.74, 6) is 0.0876. The predicted octanol–water partition coefficient (Wildman–Crippen LogP) is 3.62. The summed E-state index contributed by atoms with van der Waals surface area (Å²) in [5, 5.41) is 9.51. The number of benzene rings is 1. The van der Waals surface area contributed by atoms with E-state index in [1.807, 2.05) is 31.2 Å². The van der Waals surface area contributed by atoms with Gasteiger partial charge in [0.2, 0.25) is 5.95 Å². The second-order valence-electron chi connectivity index (χ2n) is 4.92. The zero-order valence-corrected chi connectivity index (χ0v) is 13.0. The lowest BCUT2D eigenvalue weighted by molar-refractivity contribution is 1.18. The molecule has 2 heterocycles. The first-order valence-electron chi connectivity index (χ1n) is 6.85. The van der Waals surface area contributed by atoms with Gasteiger partial charge in [-0.3, -0.25) is 4.98 Å². The number of nitrogens with two attached hydrogens (primary N) is 1. The number of pyridine rings is 1. The van der Waals surface area contributed by atoms with Crippen LogP contribution in [0.2, 0.25) is 5.15 Å². The van der Waals surface area contributed by atoms with Crippen molar-refractivity contribution in [1.29, 1.82) is 5.26 Å². The van der Waals surface area contributed by atoms with Gasteiger partial charge >= 0.3 is 0 Å². The van der Waals surface area contributed by atoms with Crippen LogP contribution >= 0.6 is 11.6 Å². The molecular formula is C17H12ClN5. The average Bonchev–Trinajstić information content (AvgIpc) is 2.55. The van der Waals surface area contributed by atoms with Crippen LogP contribution in [0.4, 0.5) is 5.95 Å². The van der Waals surface area contributed by atoms with Crippen LogP contribution in [0, 0.1) is 18.3 Å². The first-order valence-corrected chi connectivity index (χ1v) is 7.23. The van der Waals surface area contributed by atoms with Crippen LogP contribution in [0.5, 0.6) is 0 Å². The van der Waals surface area contributed by atoms with E-state index < -0.39 is 0 Å². The molecule has 112 valence electrons. The molecule has 2 N–H and O–H groups in total. The Bertz CT molecular complexity index is 916. The van der Waals surface area contributed by atoms with Gasteiger partial charge in [-0.15, -0.1) is 0 Å². The first kappa shape index (κ1) is 14.9. The second kappa shape index (κ2) is 6.03. The SMILES string of the molecule is Cc1c(C#N)cccc1-c1nc(N)nc(Cl)c1-c1ccncc1. The van der Waals surface area contributed by atoms with Crippen molar-refractivity contribution in [2.45, 2.75) is 6.92 Å². The lowest BCUT2D eigenvalue weighted by Gasteiger charge is -2.13. The van der Waals surface area contributed by atoms with Gasteiger partial charge < -0.3 is 5.73 Å². The van der Waals surface area contributed by atoms with Gasteiger partial charge in [-0.2, -0.15) is 5.26 Å². The molecule has 0 aliphatic heterocycles. The van der Waals surface area contributed by atoms with Crippen LogP contribution in [0.15, 0.2) is 42.7 Å². The van der Waals surface area contributed by atoms with Gasteiger partial charge in [0.25, 0.3) is 0 Å². The summed E-state index contributed by atoms with van der Waals surface area (Å²) in [5.41, 5.74) is 10.1. The highest BCUT2D eigenvalue weighted by molar-refractivity contribution is 6.32. The summed E-state index contributed by atoms with van der Waals surface area (Å²) >= 11 is 6.33. The Labute approximate surface area is 138 Å². The largest absolute Gasteiger partial charge is 0.368 e. The molecule has 3 aromatic rings. The van der Waals surface area contributed by atoms with E-state index in [1.54, 1.807) is 18.5 Å². The summed E-state index contributed by atoms with van der Waals surface area (Å²) in [7, 11) is 0. The number of hydrogen-bond acceptors (Lipinski definition) is 5. The van der Waals surface area contributed by atoms with Crippen molar-refractivity contribution in [3.63, 3.8) is 0 Å². The van der Waals surface area contributed by atoms with Gasteiger partial charge in [0.15, 0.2) is 0 Å². The van der Waals surface area contributed by atoms with Crippen LogP contribution < -0.4 is 5.73 Å². The molecule has 6 heteroatoms. The molecule has 0 spiro atoms. The maximum Gasteiger partial charge on any atom is 0.222 e. The molecule has 23 heavy (non-hydrogen) atoms. The number of rotatable bonds is 2. The van der Waals surface area contributed by atoms with Crippen molar-refractivity contribution in [3.8, 4) is 28.5 Å². The third kappa shape index (κ3) is 2.72. The highest BCUT2D eigenvalue weighted by Crippen LogP contribution is 2.37. The third-order valence-electron chi connectivity index (χ3n) is 3.56. The zero-order valence-electron chi connectivity index (χ0n) is 12.3. The molecule has 0 saturated heterocycles. The Morgan fingerprint density at radius 3 is 2.57 bits per heavy atom. The fourth-order valence-electron chi connectivity index (χ4n) is 2.43. The normalized spacial score (nSPS) is 10.3. The Morgan fingerprint density at radius 2 is 1.87 bits per heavy atom. The van der Waals surface area contributed by atoms with Crippen LogP contribution in [0.1, 0.15) is 11.1 Å². The fraction of sp³-hybridized carbons (Fsp3) is 0.0588. The maximum atomic E-state index is 9.24. The Balaban J connectivity index is 2.35. The predicted molar refractivity (Wildman–Crippen MR) is 89.6 cm³/mol. The van der Waals surface area contributed by atoms with Crippen molar-refractivity contribution in [2.75, 3.05) is 5.73 Å². The van der Waals surface area contributed by atoms with Crippen molar-refractivity contribution < 1.29 is 0 Å². The van der Waals surface area contributed by atoms with Crippen molar-refractivity contribution in [1.82, 2.24) is 15.0 Å². The summed E-state index contributed by atoms with van der Waals surface area (Å²) < 4.78 is 0. The summed E-state index contributed by atoms with van der Waals surface area (Å²) in [6, 6.07) is 11.3. The molecular weight excluding hydrogens is 310 g/mol. The molecule has 0 aliphatic carbocycles. The number of nitrogens with zero attached hydrogens (tertiary/aromatic N) is 4. The molecule has 0 unspecified atom stereocenters. The maximum absolute atomic E-state index is 9.24. The molecule has 0 amide bonds. The fourth-order valence-corrected chi connectivity index (χ4v) is 2.72. The number of anilines is 1. The summed E-state index contributed by atoms with van der Waals surface area (Å²) in [4.78, 5) is 12.4. The van der Waals surface area contributed by atoms with E-state index in [2.05, 4.69) is 21.0 Å². The van der Waals surface area contributed by atoms with Crippen LogP contribution in [0.3, 0.4) is 0 Å². The first-order chi connectivity index (χ1) is 11.1. The molecule has 0 atom stereocenters. The molecule has 1 aromatic carbocycles. The molecule has 0 fully saturated rings. The lowest BCUT2D eigenvalue weighted by atomic mass is 9.95. The topological polar surface area (TPSA) is 88.5 Å². The highest BCUT2D eigenvalue weighted by Gasteiger charge is 2.18. The highest BCUT2D eigenvalue weighted by atomic mass is 35.5. The Morgan fingerprint density at radius 1 is 1.13 bits per heavy atom. The Hall–Kier alpha value is -2.97. The quantitative estimate of drug-likeness (QED) is 0.728. The van der Waals surface area contributed by atoms with E-state index in [0.29, 0.717) is 16.8 Å². The van der Waals surface area contributed by atoms with Gasteiger partial charge in [-0.25, -0.2) is 9.97 Å². The minimum absolute atomic E-state index is 0.0876. The molecule has 0 bridgehead atoms. The van der Waals surface area contributed by atoms with Crippen LogP contribution in [-0.4, -0.2) is 15.0 Å². The molecule has 0 aliphatic rings. The standard InChI is InChI=1S/C17H12ClN5/c1-10-12(9-19)3-2-4-13(10)15-14(11-5-7-21-8-6-11)16(18)23-17(20)22-15/h2-8H,1H3,(H2,20,22,23). The minimum Gasteiger partial charge on any atom is -0.368 e. The second-order valence-corrected chi connectivity index (χ2v) is 5.28. The van der Waals surface area contributed by atoms with Gasteiger partial charge in [-0.1, -0.05) is 23.7 Å². The molecule has 2 aromatic heterocycles. The number of nitriles is 1. The molecule has 5 nitrogen and oxygen atoms in total. The van der Waals surface area contributed by atoms with E-state index in [-0.39, 0.29) is 11.1 Å². The van der Waals surface area contributed by atoms with Gasteiger partial charge in [-0.05, 0) is 36.2 Å². The molecule has 3 rings (SSSR count). The molecule has 0 radical (unpaired) electrons. The summed E-state index contributed by atoms with van der Waals surface area (Å²) in [6.07, 6.45) is 3.34. The van der Waals surface area contributed by atoms with Crippen molar-refractivity contribution >= 4 is 17.5 Å². The van der Waals surface area contributed by atoms with E-state index >= 15 is 0 Å². The smallest absolute Gasteiger partial charge is 0.222 e. The average molecular weight is 322 g/mol. The summed E-state index contributed by atoms with van der Waals surface area (Å²) in [6.45, 7) is 1.87. The molecule has 0 saturated carbocycles.